The summed E-state index contributed by atoms with van der Waals surface area (Å²) >= 11 is 0. The van der Waals surface area contributed by atoms with Crippen LogP contribution in [0.15, 0.2) is 30.3 Å². The Morgan fingerprint density at radius 3 is 2.50 bits per heavy atom. The molecule has 1 aromatic carbocycles. The SMILES string of the molecule is CC[C@@H](CNC(=O)[C@H](C)OC(=O)CN1C(=O)NC2(CCCC2)C1=O)c1ccccc1. The number of nitrogens with zero attached hydrogens (tertiary/aromatic N) is 1. The van der Waals surface area contributed by atoms with Crippen LogP contribution in [0.4, 0.5) is 4.79 Å². The summed E-state index contributed by atoms with van der Waals surface area (Å²) in [5.41, 5.74) is 0.261. The number of rotatable bonds is 8. The molecule has 1 saturated heterocycles. The van der Waals surface area contributed by atoms with Gasteiger partial charge in [0, 0.05) is 12.5 Å². The minimum absolute atomic E-state index is 0.159. The van der Waals surface area contributed by atoms with Crippen molar-refractivity contribution in [1.29, 1.82) is 0 Å². The number of esters is 1. The molecule has 1 aromatic rings. The average molecular weight is 415 g/mol. The Kier molecular flexibility index (Phi) is 6.74. The first kappa shape index (κ1) is 21.8. The minimum atomic E-state index is -1.02. The van der Waals surface area contributed by atoms with E-state index >= 15 is 0 Å². The molecule has 0 unspecified atom stereocenters. The quantitative estimate of drug-likeness (QED) is 0.500. The highest BCUT2D eigenvalue weighted by molar-refractivity contribution is 6.08. The van der Waals surface area contributed by atoms with Gasteiger partial charge in [0.05, 0.1) is 0 Å². The van der Waals surface area contributed by atoms with Crippen LogP contribution in [-0.2, 0) is 19.1 Å². The predicted octanol–water partition coefficient (Wildman–Crippen LogP) is 2.09. The molecule has 3 rings (SSSR count). The molecule has 8 nitrogen and oxygen atoms in total. The lowest BCUT2D eigenvalue weighted by atomic mass is 9.96. The monoisotopic (exact) mass is 415 g/mol. The van der Waals surface area contributed by atoms with Crippen molar-refractivity contribution in [3.05, 3.63) is 35.9 Å². The molecule has 4 amide bonds. The number of benzene rings is 1. The molecule has 8 heteroatoms. The van der Waals surface area contributed by atoms with Crippen molar-refractivity contribution >= 4 is 23.8 Å². The molecule has 1 spiro atoms. The molecular formula is C22H29N3O5. The lowest BCUT2D eigenvalue weighted by molar-refractivity contribution is -0.156. The van der Waals surface area contributed by atoms with Crippen molar-refractivity contribution in [3.63, 3.8) is 0 Å². The van der Waals surface area contributed by atoms with Gasteiger partial charge in [0.15, 0.2) is 6.10 Å². The normalized spacial score (nSPS) is 19.5. The maximum atomic E-state index is 12.6. The summed E-state index contributed by atoms with van der Waals surface area (Å²) in [6, 6.07) is 9.30. The maximum Gasteiger partial charge on any atom is 0.327 e. The van der Waals surface area contributed by atoms with E-state index in [9.17, 15) is 19.2 Å². The van der Waals surface area contributed by atoms with Gasteiger partial charge in [-0.1, -0.05) is 50.1 Å². The van der Waals surface area contributed by atoms with Crippen LogP contribution in [0, 0.1) is 0 Å². The second-order valence-electron chi connectivity index (χ2n) is 8.00. The molecule has 2 aliphatic rings. The number of hydrogen-bond donors (Lipinski definition) is 2. The Balaban J connectivity index is 1.48. The lowest BCUT2D eigenvalue weighted by Crippen LogP contribution is -2.45. The molecule has 1 heterocycles. The number of amides is 4. The molecule has 0 radical (unpaired) electrons. The van der Waals surface area contributed by atoms with E-state index in [1.807, 2.05) is 37.3 Å². The number of hydrogen-bond acceptors (Lipinski definition) is 5. The summed E-state index contributed by atoms with van der Waals surface area (Å²) in [5.74, 6) is -1.42. The Morgan fingerprint density at radius 2 is 1.87 bits per heavy atom. The summed E-state index contributed by atoms with van der Waals surface area (Å²) < 4.78 is 5.17. The van der Waals surface area contributed by atoms with Crippen LogP contribution in [0.25, 0.3) is 0 Å². The molecule has 2 fully saturated rings. The summed E-state index contributed by atoms with van der Waals surface area (Å²) in [4.78, 5) is 50.2. The van der Waals surface area contributed by atoms with Gasteiger partial charge in [-0.05, 0) is 31.7 Å². The van der Waals surface area contributed by atoms with Crippen LogP contribution in [-0.4, -0.2) is 53.4 Å². The van der Waals surface area contributed by atoms with Crippen LogP contribution in [0.1, 0.15) is 57.4 Å². The van der Waals surface area contributed by atoms with Crippen molar-refractivity contribution in [3.8, 4) is 0 Å². The van der Waals surface area contributed by atoms with Crippen molar-refractivity contribution in [2.75, 3.05) is 13.1 Å². The molecule has 1 aliphatic carbocycles. The summed E-state index contributed by atoms with van der Waals surface area (Å²) in [5, 5.41) is 5.53. The first-order valence-electron chi connectivity index (χ1n) is 10.5. The molecule has 2 atom stereocenters. The Labute approximate surface area is 176 Å². The van der Waals surface area contributed by atoms with Crippen LogP contribution in [0.5, 0.6) is 0 Å². The van der Waals surface area contributed by atoms with Gasteiger partial charge in [0.25, 0.3) is 11.8 Å². The Morgan fingerprint density at radius 1 is 1.20 bits per heavy atom. The predicted molar refractivity (Wildman–Crippen MR) is 109 cm³/mol. The molecule has 0 aromatic heterocycles. The standard InChI is InChI=1S/C22H29N3O5/c1-3-16(17-9-5-4-6-10-17)13-23-19(27)15(2)30-18(26)14-25-20(28)22(24-21(25)29)11-7-8-12-22/h4-6,9-10,15-16H,3,7-8,11-14H2,1-2H3,(H,23,27)(H,24,29)/t15-,16-/m0/s1. The van der Waals surface area contributed by atoms with E-state index in [1.165, 1.54) is 6.92 Å². The highest BCUT2D eigenvalue weighted by Crippen LogP contribution is 2.34. The number of urea groups is 1. The first-order valence-corrected chi connectivity index (χ1v) is 10.5. The largest absolute Gasteiger partial charge is 0.451 e. The maximum absolute atomic E-state index is 12.6. The van der Waals surface area contributed by atoms with Crippen molar-refractivity contribution < 1.29 is 23.9 Å². The smallest absolute Gasteiger partial charge is 0.327 e. The third-order valence-electron chi connectivity index (χ3n) is 5.95. The van der Waals surface area contributed by atoms with E-state index in [0.717, 1.165) is 29.7 Å². The lowest BCUT2D eigenvalue weighted by Gasteiger charge is -2.20. The number of nitrogens with one attached hydrogen (secondary N) is 2. The molecule has 0 bridgehead atoms. The molecular weight excluding hydrogens is 386 g/mol. The fourth-order valence-electron chi connectivity index (χ4n) is 4.14. The van der Waals surface area contributed by atoms with Crippen LogP contribution < -0.4 is 10.6 Å². The van der Waals surface area contributed by atoms with Gasteiger partial charge in [-0.3, -0.25) is 19.3 Å². The molecule has 2 N–H and O–H groups in total. The van der Waals surface area contributed by atoms with Gasteiger partial charge in [-0.2, -0.15) is 0 Å². The number of imide groups is 1. The van der Waals surface area contributed by atoms with Crippen molar-refractivity contribution in [2.24, 2.45) is 0 Å². The van der Waals surface area contributed by atoms with Crippen LogP contribution in [0.2, 0.25) is 0 Å². The molecule has 1 aliphatic heterocycles. The van der Waals surface area contributed by atoms with Crippen LogP contribution >= 0.6 is 0 Å². The topological polar surface area (TPSA) is 105 Å². The molecule has 162 valence electrons. The fraction of sp³-hybridized carbons (Fsp3) is 0.545. The van der Waals surface area contributed by atoms with Gasteiger partial charge in [-0.25, -0.2) is 4.79 Å². The van der Waals surface area contributed by atoms with E-state index < -0.39 is 36.1 Å². The van der Waals surface area contributed by atoms with E-state index in [1.54, 1.807) is 0 Å². The third kappa shape index (κ3) is 4.63. The fourth-order valence-corrected chi connectivity index (χ4v) is 4.14. The zero-order valence-electron chi connectivity index (χ0n) is 17.5. The highest BCUT2D eigenvalue weighted by Gasteiger charge is 2.52. The zero-order valence-corrected chi connectivity index (χ0v) is 17.5. The molecule has 1 saturated carbocycles. The number of ether oxygens (including phenoxy) is 1. The second kappa shape index (κ2) is 9.28. The van der Waals surface area contributed by atoms with E-state index in [4.69, 9.17) is 4.74 Å². The van der Waals surface area contributed by atoms with Gasteiger partial charge in [0.2, 0.25) is 0 Å². The zero-order chi connectivity index (χ0) is 21.7. The Hall–Kier alpha value is -2.90. The van der Waals surface area contributed by atoms with Crippen molar-refractivity contribution in [2.45, 2.75) is 63.5 Å². The van der Waals surface area contributed by atoms with Crippen molar-refractivity contribution in [1.82, 2.24) is 15.5 Å². The summed E-state index contributed by atoms with van der Waals surface area (Å²) in [7, 11) is 0. The number of carbonyl (C=O) groups excluding carboxylic acids is 4. The van der Waals surface area contributed by atoms with Gasteiger partial charge in [0.1, 0.15) is 12.1 Å². The molecule has 30 heavy (non-hydrogen) atoms. The van der Waals surface area contributed by atoms with Gasteiger partial charge < -0.3 is 15.4 Å². The van der Waals surface area contributed by atoms with Gasteiger partial charge >= 0.3 is 12.0 Å². The summed E-state index contributed by atoms with van der Waals surface area (Å²) in [6.07, 6.45) is 2.73. The first-order chi connectivity index (χ1) is 14.4. The minimum Gasteiger partial charge on any atom is -0.451 e. The van der Waals surface area contributed by atoms with Gasteiger partial charge in [-0.15, -0.1) is 0 Å². The van der Waals surface area contributed by atoms with E-state index in [-0.39, 0.29) is 11.8 Å². The van der Waals surface area contributed by atoms with E-state index in [0.29, 0.717) is 19.4 Å². The third-order valence-corrected chi connectivity index (χ3v) is 5.95. The average Bonchev–Trinajstić information content (AvgIpc) is 3.29. The van der Waals surface area contributed by atoms with Crippen LogP contribution in [0.3, 0.4) is 0 Å². The highest BCUT2D eigenvalue weighted by atomic mass is 16.5. The number of carbonyl (C=O) groups is 4. The van der Waals surface area contributed by atoms with E-state index in [2.05, 4.69) is 10.6 Å². The second-order valence-corrected chi connectivity index (χ2v) is 8.00. The summed E-state index contributed by atoms with van der Waals surface area (Å²) in [6.45, 7) is 3.45. The Bertz CT molecular complexity index is 804.